The molecule has 29 heavy (non-hydrogen) atoms. The molecule has 0 aliphatic carbocycles. The van der Waals surface area contributed by atoms with Crippen LogP contribution >= 0.6 is 0 Å². The topological polar surface area (TPSA) is 97.4 Å². The van der Waals surface area contributed by atoms with Crippen molar-refractivity contribution < 1.29 is 18.7 Å². The molecular weight excluding hydrogens is 377 g/mol. The van der Waals surface area contributed by atoms with Crippen molar-refractivity contribution in [2.45, 2.75) is 33.4 Å². The molecule has 3 aromatic rings. The van der Waals surface area contributed by atoms with Gasteiger partial charge in [0.1, 0.15) is 29.7 Å². The zero-order valence-electron chi connectivity index (χ0n) is 16.2. The number of carbonyl (C=O) groups excluding carboxylic acids is 1. The number of amides is 1. The van der Waals surface area contributed by atoms with Crippen molar-refractivity contribution in [2.24, 2.45) is 0 Å². The summed E-state index contributed by atoms with van der Waals surface area (Å²) in [7, 11) is 0. The summed E-state index contributed by atoms with van der Waals surface area (Å²) in [6.45, 7) is 3.12. The molecule has 8 heteroatoms. The fraction of sp³-hybridized carbons (Fsp3) is 0.286. The molecule has 0 aliphatic rings. The zero-order chi connectivity index (χ0) is 21.0. The second kappa shape index (κ2) is 8.83. The summed E-state index contributed by atoms with van der Waals surface area (Å²) in [5, 5.41) is 12.0. The largest absolute Gasteiger partial charge is 0.465 e. The van der Waals surface area contributed by atoms with E-state index >= 15 is 0 Å². The number of nitrogens with zero attached hydrogens (tertiary/aromatic N) is 2. The smallest absolute Gasteiger partial charge is 0.257 e. The fourth-order valence-electron chi connectivity index (χ4n) is 3.06. The highest BCUT2D eigenvalue weighted by atomic mass is 19.1. The van der Waals surface area contributed by atoms with E-state index in [-0.39, 0.29) is 31.9 Å². The summed E-state index contributed by atoms with van der Waals surface area (Å²) in [6.07, 6.45) is 0.119. The monoisotopic (exact) mass is 399 g/mol. The standard InChI is InChI=1S/C21H22FN3O4/c1-13-6-7-17(29-13)11-23-19(27)12-25-20(15-4-3-5-16(22)10-15)24-14(2)18(8-9-26)21(25)28/h3-7,10,26H,8-9,11-12H2,1-2H3,(H,23,27). The number of aliphatic hydroxyl groups is 1. The molecule has 0 unspecified atom stereocenters. The quantitative estimate of drug-likeness (QED) is 0.634. The van der Waals surface area contributed by atoms with Crippen LogP contribution < -0.4 is 10.9 Å². The Balaban J connectivity index is 1.94. The Kier molecular flexibility index (Phi) is 6.23. The number of hydrogen-bond donors (Lipinski definition) is 2. The number of rotatable bonds is 7. The molecule has 152 valence electrons. The molecule has 0 saturated heterocycles. The number of nitrogens with one attached hydrogen (secondary N) is 1. The Morgan fingerprint density at radius 3 is 2.72 bits per heavy atom. The van der Waals surface area contributed by atoms with Crippen LogP contribution in [0.4, 0.5) is 4.39 Å². The number of aromatic nitrogens is 2. The Labute approximate surface area is 166 Å². The lowest BCUT2D eigenvalue weighted by molar-refractivity contribution is -0.121. The Bertz CT molecular complexity index is 1090. The Morgan fingerprint density at radius 2 is 2.07 bits per heavy atom. The van der Waals surface area contributed by atoms with E-state index in [4.69, 9.17) is 4.42 Å². The first-order valence-corrected chi connectivity index (χ1v) is 9.18. The lowest BCUT2D eigenvalue weighted by Gasteiger charge is -2.15. The van der Waals surface area contributed by atoms with Gasteiger partial charge in [-0.2, -0.15) is 0 Å². The van der Waals surface area contributed by atoms with Gasteiger partial charge in [-0.3, -0.25) is 14.2 Å². The van der Waals surface area contributed by atoms with E-state index in [0.717, 1.165) is 5.76 Å². The van der Waals surface area contributed by atoms with E-state index in [1.54, 1.807) is 32.0 Å². The highest BCUT2D eigenvalue weighted by Gasteiger charge is 2.18. The normalized spacial score (nSPS) is 10.9. The van der Waals surface area contributed by atoms with Gasteiger partial charge < -0.3 is 14.8 Å². The molecule has 1 amide bonds. The van der Waals surface area contributed by atoms with E-state index < -0.39 is 17.3 Å². The third kappa shape index (κ3) is 4.78. The van der Waals surface area contributed by atoms with Gasteiger partial charge in [-0.15, -0.1) is 0 Å². The molecule has 7 nitrogen and oxygen atoms in total. The maximum absolute atomic E-state index is 13.7. The molecule has 0 spiro atoms. The average molecular weight is 399 g/mol. The predicted octanol–water partition coefficient (Wildman–Crippen LogP) is 2.11. The summed E-state index contributed by atoms with van der Waals surface area (Å²) in [5.41, 5.74) is 0.707. The van der Waals surface area contributed by atoms with Crippen LogP contribution in [-0.4, -0.2) is 27.2 Å². The van der Waals surface area contributed by atoms with Crippen LogP contribution in [0.15, 0.2) is 45.6 Å². The molecule has 1 aromatic carbocycles. The third-order valence-corrected chi connectivity index (χ3v) is 4.47. The van der Waals surface area contributed by atoms with Crippen LogP contribution in [0.1, 0.15) is 22.8 Å². The Hall–Kier alpha value is -3.26. The summed E-state index contributed by atoms with van der Waals surface area (Å²) >= 11 is 0. The first kappa shape index (κ1) is 20.5. The van der Waals surface area contributed by atoms with Gasteiger partial charge in [0.2, 0.25) is 5.91 Å². The number of aryl methyl sites for hydroxylation is 2. The molecule has 0 fully saturated rings. The van der Waals surface area contributed by atoms with Gasteiger partial charge in [0.15, 0.2) is 0 Å². The average Bonchev–Trinajstić information content (AvgIpc) is 3.11. The highest BCUT2D eigenvalue weighted by molar-refractivity contribution is 5.76. The van der Waals surface area contributed by atoms with Crippen molar-refractivity contribution in [3.8, 4) is 11.4 Å². The molecule has 2 N–H and O–H groups in total. The second-order valence-corrected chi connectivity index (χ2v) is 6.66. The van der Waals surface area contributed by atoms with Crippen molar-refractivity contribution in [1.29, 1.82) is 0 Å². The zero-order valence-corrected chi connectivity index (χ0v) is 16.2. The van der Waals surface area contributed by atoms with Gasteiger partial charge in [-0.1, -0.05) is 12.1 Å². The highest BCUT2D eigenvalue weighted by Crippen LogP contribution is 2.18. The minimum atomic E-state index is -0.474. The van der Waals surface area contributed by atoms with Gasteiger partial charge in [0, 0.05) is 29.8 Å². The number of aliphatic hydroxyl groups excluding tert-OH is 1. The van der Waals surface area contributed by atoms with E-state index in [0.29, 0.717) is 22.6 Å². The fourth-order valence-corrected chi connectivity index (χ4v) is 3.06. The number of halogens is 1. The van der Waals surface area contributed by atoms with Crippen molar-refractivity contribution in [2.75, 3.05) is 6.61 Å². The van der Waals surface area contributed by atoms with Crippen molar-refractivity contribution >= 4 is 5.91 Å². The van der Waals surface area contributed by atoms with Gasteiger partial charge >= 0.3 is 0 Å². The van der Waals surface area contributed by atoms with E-state index in [1.165, 1.54) is 22.8 Å². The molecule has 2 aromatic heterocycles. The number of furan rings is 1. The van der Waals surface area contributed by atoms with Crippen LogP contribution in [0.5, 0.6) is 0 Å². The van der Waals surface area contributed by atoms with Crippen molar-refractivity contribution in [1.82, 2.24) is 14.9 Å². The first-order valence-electron chi connectivity index (χ1n) is 9.18. The molecule has 0 aliphatic heterocycles. The molecular formula is C21H22FN3O4. The van der Waals surface area contributed by atoms with Crippen LogP contribution in [0, 0.1) is 19.7 Å². The number of hydrogen-bond acceptors (Lipinski definition) is 5. The summed E-state index contributed by atoms with van der Waals surface area (Å²) in [5.74, 6) is 0.627. The number of benzene rings is 1. The van der Waals surface area contributed by atoms with Crippen molar-refractivity contribution in [3.63, 3.8) is 0 Å². The minimum Gasteiger partial charge on any atom is -0.465 e. The SMILES string of the molecule is Cc1ccc(CNC(=O)Cn2c(-c3cccc(F)c3)nc(C)c(CCO)c2=O)o1. The molecule has 0 radical (unpaired) electrons. The third-order valence-electron chi connectivity index (χ3n) is 4.47. The van der Waals surface area contributed by atoms with Crippen LogP contribution in [0.3, 0.4) is 0 Å². The van der Waals surface area contributed by atoms with Gasteiger partial charge in [-0.25, -0.2) is 9.37 Å². The van der Waals surface area contributed by atoms with Gasteiger partial charge in [-0.05, 0) is 38.1 Å². The lowest BCUT2D eigenvalue weighted by Crippen LogP contribution is -2.35. The molecule has 0 atom stereocenters. The van der Waals surface area contributed by atoms with Crippen LogP contribution in [0.25, 0.3) is 11.4 Å². The first-order chi connectivity index (χ1) is 13.9. The maximum atomic E-state index is 13.7. The molecule has 0 saturated carbocycles. The minimum absolute atomic E-state index is 0.119. The summed E-state index contributed by atoms with van der Waals surface area (Å²) in [4.78, 5) is 29.9. The molecule has 0 bridgehead atoms. The number of carbonyl (C=O) groups is 1. The maximum Gasteiger partial charge on any atom is 0.257 e. The second-order valence-electron chi connectivity index (χ2n) is 6.66. The van der Waals surface area contributed by atoms with Crippen molar-refractivity contribution in [3.05, 3.63) is 75.3 Å². The van der Waals surface area contributed by atoms with Gasteiger partial charge in [0.25, 0.3) is 5.56 Å². The predicted molar refractivity (Wildman–Crippen MR) is 105 cm³/mol. The van der Waals surface area contributed by atoms with Crippen LogP contribution in [-0.2, 0) is 24.3 Å². The lowest BCUT2D eigenvalue weighted by atomic mass is 10.1. The molecule has 2 heterocycles. The van der Waals surface area contributed by atoms with Gasteiger partial charge in [0.05, 0.1) is 6.54 Å². The summed E-state index contributed by atoms with van der Waals surface area (Å²) < 4.78 is 20.3. The van der Waals surface area contributed by atoms with E-state index in [2.05, 4.69) is 10.3 Å². The van der Waals surface area contributed by atoms with Crippen LogP contribution in [0.2, 0.25) is 0 Å². The van der Waals surface area contributed by atoms with E-state index in [1.807, 2.05) is 0 Å². The Morgan fingerprint density at radius 1 is 1.28 bits per heavy atom. The molecule has 3 rings (SSSR count). The summed E-state index contributed by atoms with van der Waals surface area (Å²) in [6, 6.07) is 9.23. The van der Waals surface area contributed by atoms with E-state index in [9.17, 15) is 19.1 Å².